The highest BCUT2D eigenvalue weighted by molar-refractivity contribution is 5.91. The summed E-state index contributed by atoms with van der Waals surface area (Å²) in [4.78, 5) is 4.34. The lowest BCUT2D eigenvalue weighted by Crippen LogP contribution is -2.23. The van der Waals surface area contributed by atoms with Crippen molar-refractivity contribution in [1.29, 1.82) is 0 Å². The van der Waals surface area contributed by atoms with E-state index in [1.54, 1.807) is 6.20 Å². The second-order valence-corrected chi connectivity index (χ2v) is 4.05. The quantitative estimate of drug-likeness (QED) is 0.743. The summed E-state index contributed by atoms with van der Waals surface area (Å²) in [6.07, 6.45) is 0.989. The van der Waals surface area contributed by atoms with Crippen molar-refractivity contribution in [2.75, 3.05) is 18.5 Å². The molecule has 0 amide bonds. The lowest BCUT2D eigenvalue weighted by Gasteiger charge is -2.14. The largest absolute Gasteiger partial charge is 0.394 e. The van der Waals surface area contributed by atoms with Crippen molar-refractivity contribution < 1.29 is 10.2 Å². The molecule has 0 aliphatic rings. The van der Waals surface area contributed by atoms with Crippen molar-refractivity contribution in [1.82, 2.24) is 4.98 Å². The van der Waals surface area contributed by atoms with Crippen LogP contribution in [0.3, 0.4) is 0 Å². The average Bonchev–Trinajstić information content (AvgIpc) is 2.37. The van der Waals surface area contributed by atoms with Crippen LogP contribution >= 0.6 is 0 Å². The van der Waals surface area contributed by atoms with Gasteiger partial charge in [0.05, 0.1) is 23.9 Å². The van der Waals surface area contributed by atoms with Gasteiger partial charge in [0.15, 0.2) is 0 Å². The van der Waals surface area contributed by atoms with E-state index in [2.05, 4.69) is 10.3 Å². The summed E-state index contributed by atoms with van der Waals surface area (Å²) >= 11 is 0. The molecule has 0 saturated carbocycles. The predicted octanol–water partition coefficient (Wildman–Crippen LogP) is 1.31. The second-order valence-electron chi connectivity index (χ2n) is 4.05. The highest BCUT2D eigenvalue weighted by atomic mass is 16.3. The Morgan fingerprint density at radius 2 is 2.18 bits per heavy atom. The first kappa shape index (κ1) is 11.8. The summed E-state index contributed by atoms with van der Waals surface area (Å²) in [5, 5.41) is 22.3. The Hall–Kier alpha value is -1.65. The molecular weight excluding hydrogens is 216 g/mol. The molecule has 1 unspecified atom stereocenters. The van der Waals surface area contributed by atoms with Crippen LogP contribution in [0.4, 0.5) is 5.69 Å². The third kappa shape index (κ3) is 2.54. The Kier molecular flexibility index (Phi) is 3.56. The number of aliphatic hydroxyl groups is 2. The summed E-state index contributed by atoms with van der Waals surface area (Å²) in [7, 11) is 0. The summed E-state index contributed by atoms with van der Waals surface area (Å²) in [6, 6.07) is 7.92. The number of rotatable bonds is 4. The first-order valence-electron chi connectivity index (χ1n) is 5.59. The predicted molar refractivity (Wildman–Crippen MR) is 68.1 cm³/mol. The molecule has 2 aromatic rings. The van der Waals surface area contributed by atoms with Crippen LogP contribution in [-0.4, -0.2) is 34.5 Å². The van der Waals surface area contributed by atoms with Crippen LogP contribution in [0.15, 0.2) is 30.5 Å². The Morgan fingerprint density at radius 1 is 1.35 bits per heavy atom. The molecule has 1 heterocycles. The molecule has 2 rings (SSSR count). The standard InChI is InChI=1S/C13H16N2O2/c1-9-4-5-10-3-2-6-14-13(10)12(9)15-7-11(17)8-16/h2-6,11,15-17H,7-8H2,1H3. The number of hydrogen-bond acceptors (Lipinski definition) is 4. The molecule has 0 fully saturated rings. The lowest BCUT2D eigenvalue weighted by molar-refractivity contribution is 0.105. The van der Waals surface area contributed by atoms with Crippen molar-refractivity contribution in [3.05, 3.63) is 36.0 Å². The highest BCUT2D eigenvalue weighted by Crippen LogP contribution is 2.24. The lowest BCUT2D eigenvalue weighted by atomic mass is 10.1. The van der Waals surface area contributed by atoms with E-state index in [0.29, 0.717) is 6.54 Å². The van der Waals surface area contributed by atoms with Crippen LogP contribution in [-0.2, 0) is 0 Å². The molecule has 0 spiro atoms. The summed E-state index contributed by atoms with van der Waals surface area (Å²) in [5.41, 5.74) is 2.87. The summed E-state index contributed by atoms with van der Waals surface area (Å²) in [6.45, 7) is 2.05. The first-order valence-corrected chi connectivity index (χ1v) is 5.59. The number of aliphatic hydroxyl groups excluding tert-OH is 2. The van der Waals surface area contributed by atoms with Crippen LogP contribution in [0.2, 0.25) is 0 Å². The van der Waals surface area contributed by atoms with Gasteiger partial charge in [-0.1, -0.05) is 18.2 Å². The normalized spacial score (nSPS) is 12.6. The zero-order chi connectivity index (χ0) is 12.3. The van der Waals surface area contributed by atoms with E-state index in [1.807, 2.05) is 31.2 Å². The maximum atomic E-state index is 9.35. The van der Waals surface area contributed by atoms with Gasteiger partial charge in [0, 0.05) is 18.1 Å². The number of aryl methyl sites for hydroxylation is 1. The van der Waals surface area contributed by atoms with Gasteiger partial charge in [-0.2, -0.15) is 0 Å². The molecule has 1 atom stereocenters. The van der Waals surface area contributed by atoms with E-state index in [-0.39, 0.29) is 6.61 Å². The maximum absolute atomic E-state index is 9.35. The SMILES string of the molecule is Cc1ccc2cccnc2c1NCC(O)CO. The minimum Gasteiger partial charge on any atom is -0.394 e. The monoisotopic (exact) mass is 232 g/mol. The van der Waals surface area contributed by atoms with Gasteiger partial charge < -0.3 is 15.5 Å². The van der Waals surface area contributed by atoms with Crippen LogP contribution in [0.1, 0.15) is 5.56 Å². The molecular formula is C13H16N2O2. The molecule has 0 aliphatic carbocycles. The zero-order valence-corrected chi connectivity index (χ0v) is 9.72. The molecule has 4 heteroatoms. The molecule has 1 aromatic carbocycles. The second kappa shape index (κ2) is 5.12. The number of aromatic nitrogens is 1. The van der Waals surface area contributed by atoms with Gasteiger partial charge >= 0.3 is 0 Å². The summed E-state index contributed by atoms with van der Waals surface area (Å²) < 4.78 is 0. The average molecular weight is 232 g/mol. The molecule has 0 radical (unpaired) electrons. The number of fused-ring (bicyclic) bond motifs is 1. The topological polar surface area (TPSA) is 65.4 Å². The molecule has 90 valence electrons. The Morgan fingerprint density at radius 3 is 2.94 bits per heavy atom. The molecule has 17 heavy (non-hydrogen) atoms. The molecule has 0 aliphatic heterocycles. The Bertz CT molecular complexity index is 514. The van der Waals surface area contributed by atoms with Crippen molar-refractivity contribution in [3.63, 3.8) is 0 Å². The van der Waals surface area contributed by atoms with Crippen molar-refractivity contribution in [2.24, 2.45) is 0 Å². The molecule has 3 N–H and O–H groups in total. The fraction of sp³-hybridized carbons (Fsp3) is 0.308. The third-order valence-electron chi connectivity index (χ3n) is 2.71. The van der Waals surface area contributed by atoms with Gasteiger partial charge in [0.1, 0.15) is 0 Å². The van der Waals surface area contributed by atoms with Gasteiger partial charge in [0.2, 0.25) is 0 Å². The Labute approximate surface area is 99.9 Å². The number of nitrogens with one attached hydrogen (secondary N) is 1. The summed E-state index contributed by atoms with van der Waals surface area (Å²) in [5.74, 6) is 0. The third-order valence-corrected chi connectivity index (χ3v) is 2.71. The van der Waals surface area contributed by atoms with Crippen LogP contribution < -0.4 is 5.32 Å². The van der Waals surface area contributed by atoms with Gasteiger partial charge in [-0.15, -0.1) is 0 Å². The first-order chi connectivity index (χ1) is 8.22. The van der Waals surface area contributed by atoms with E-state index in [0.717, 1.165) is 22.2 Å². The number of pyridine rings is 1. The van der Waals surface area contributed by atoms with Gasteiger partial charge in [0.25, 0.3) is 0 Å². The number of anilines is 1. The van der Waals surface area contributed by atoms with E-state index in [4.69, 9.17) is 5.11 Å². The van der Waals surface area contributed by atoms with Crippen LogP contribution in [0, 0.1) is 6.92 Å². The van der Waals surface area contributed by atoms with E-state index >= 15 is 0 Å². The number of benzene rings is 1. The maximum Gasteiger partial charge on any atom is 0.0942 e. The van der Waals surface area contributed by atoms with E-state index in [9.17, 15) is 5.11 Å². The highest BCUT2D eigenvalue weighted by Gasteiger charge is 2.07. The van der Waals surface area contributed by atoms with Crippen molar-refractivity contribution in [3.8, 4) is 0 Å². The zero-order valence-electron chi connectivity index (χ0n) is 9.72. The van der Waals surface area contributed by atoms with Crippen molar-refractivity contribution >= 4 is 16.6 Å². The minimum absolute atomic E-state index is 0.246. The molecule has 1 aromatic heterocycles. The van der Waals surface area contributed by atoms with Crippen molar-refractivity contribution in [2.45, 2.75) is 13.0 Å². The van der Waals surface area contributed by atoms with Crippen LogP contribution in [0.25, 0.3) is 10.9 Å². The Balaban J connectivity index is 2.34. The number of nitrogens with zero attached hydrogens (tertiary/aromatic N) is 1. The van der Waals surface area contributed by atoms with Gasteiger partial charge in [-0.05, 0) is 18.6 Å². The molecule has 4 nitrogen and oxygen atoms in total. The number of hydrogen-bond donors (Lipinski definition) is 3. The van der Waals surface area contributed by atoms with Gasteiger partial charge in [-0.25, -0.2) is 0 Å². The smallest absolute Gasteiger partial charge is 0.0942 e. The molecule has 0 bridgehead atoms. The van der Waals surface area contributed by atoms with E-state index < -0.39 is 6.10 Å². The van der Waals surface area contributed by atoms with Gasteiger partial charge in [-0.3, -0.25) is 4.98 Å². The fourth-order valence-electron chi connectivity index (χ4n) is 1.75. The minimum atomic E-state index is -0.756. The van der Waals surface area contributed by atoms with Crippen LogP contribution in [0.5, 0.6) is 0 Å². The molecule has 0 saturated heterocycles. The van der Waals surface area contributed by atoms with E-state index in [1.165, 1.54) is 0 Å². The fourth-order valence-corrected chi connectivity index (χ4v) is 1.75.